The lowest BCUT2D eigenvalue weighted by molar-refractivity contribution is 0.600. The molecule has 0 aliphatic heterocycles. The van der Waals surface area contributed by atoms with Gasteiger partial charge in [0.15, 0.2) is 5.82 Å². The van der Waals surface area contributed by atoms with Gasteiger partial charge < -0.3 is 9.88 Å². The molecular weight excluding hydrogens is 286 g/mol. The van der Waals surface area contributed by atoms with E-state index in [-0.39, 0.29) is 5.56 Å². The lowest BCUT2D eigenvalue weighted by Crippen LogP contribution is -2.37. The van der Waals surface area contributed by atoms with Crippen LogP contribution >= 0.6 is 11.6 Å². The quantitative estimate of drug-likeness (QED) is 0.834. The molecule has 1 atom stereocenters. The van der Waals surface area contributed by atoms with Gasteiger partial charge >= 0.3 is 0 Å². The highest BCUT2D eigenvalue weighted by atomic mass is 35.5. The van der Waals surface area contributed by atoms with Crippen molar-refractivity contribution in [3.05, 3.63) is 58.6 Å². The Morgan fingerprint density at radius 2 is 2.05 bits per heavy atom. The van der Waals surface area contributed by atoms with Crippen LogP contribution in [0.1, 0.15) is 25.8 Å². The van der Waals surface area contributed by atoms with E-state index in [4.69, 9.17) is 11.6 Å². The van der Waals surface area contributed by atoms with Gasteiger partial charge in [0.05, 0.1) is 5.54 Å². The van der Waals surface area contributed by atoms with Gasteiger partial charge in [-0.3, -0.25) is 4.79 Å². The van der Waals surface area contributed by atoms with Crippen LogP contribution in [0.5, 0.6) is 0 Å². The molecule has 0 radical (unpaired) electrons. The molecule has 1 unspecified atom stereocenters. The zero-order valence-corrected chi connectivity index (χ0v) is 13.1. The fourth-order valence-electron chi connectivity index (χ4n) is 2.20. The molecule has 0 bridgehead atoms. The van der Waals surface area contributed by atoms with Gasteiger partial charge in [-0.15, -0.1) is 11.6 Å². The molecule has 1 aromatic heterocycles. The summed E-state index contributed by atoms with van der Waals surface area (Å²) in [7, 11) is 0. The second-order valence-corrected chi connectivity index (χ2v) is 5.50. The van der Waals surface area contributed by atoms with Gasteiger partial charge in [0.1, 0.15) is 0 Å². The predicted octanol–water partition coefficient (Wildman–Crippen LogP) is 3.22. The van der Waals surface area contributed by atoms with Crippen molar-refractivity contribution in [2.24, 2.45) is 0 Å². The molecule has 21 heavy (non-hydrogen) atoms. The monoisotopic (exact) mass is 305 g/mol. The number of aromatic nitrogens is 2. The number of benzene rings is 1. The first-order chi connectivity index (χ1) is 10.1. The summed E-state index contributed by atoms with van der Waals surface area (Å²) in [5, 5.41) is 3.21. The van der Waals surface area contributed by atoms with E-state index < -0.39 is 5.54 Å². The Hall–Kier alpha value is -1.81. The van der Waals surface area contributed by atoms with Gasteiger partial charge in [-0.05, 0) is 18.9 Å². The topological polar surface area (TPSA) is 46.9 Å². The molecule has 1 aromatic carbocycles. The van der Waals surface area contributed by atoms with Gasteiger partial charge in [-0.25, -0.2) is 4.98 Å². The van der Waals surface area contributed by atoms with E-state index in [2.05, 4.69) is 10.3 Å². The maximum atomic E-state index is 12.4. The Kier molecular flexibility index (Phi) is 5.02. The molecule has 4 nitrogen and oxygen atoms in total. The lowest BCUT2D eigenvalue weighted by atomic mass is 9.94. The maximum Gasteiger partial charge on any atom is 0.293 e. The average Bonchev–Trinajstić information content (AvgIpc) is 2.52. The van der Waals surface area contributed by atoms with Crippen molar-refractivity contribution in [3.8, 4) is 0 Å². The van der Waals surface area contributed by atoms with Crippen molar-refractivity contribution in [3.63, 3.8) is 0 Å². The first-order valence-electron chi connectivity index (χ1n) is 7.06. The first-order valence-corrected chi connectivity index (χ1v) is 7.59. The van der Waals surface area contributed by atoms with Gasteiger partial charge in [-0.1, -0.05) is 37.3 Å². The number of nitrogens with zero attached hydrogens (tertiary/aromatic N) is 2. The molecule has 0 spiro atoms. The summed E-state index contributed by atoms with van der Waals surface area (Å²) in [6.07, 6.45) is 4.24. The zero-order chi connectivity index (χ0) is 15.3. The van der Waals surface area contributed by atoms with Crippen molar-refractivity contribution < 1.29 is 0 Å². The van der Waals surface area contributed by atoms with Gasteiger partial charge in [0.25, 0.3) is 5.56 Å². The van der Waals surface area contributed by atoms with Crippen LogP contribution in [0.2, 0.25) is 0 Å². The van der Waals surface area contributed by atoms with Crippen LogP contribution in [0.3, 0.4) is 0 Å². The number of anilines is 1. The molecule has 0 aliphatic rings. The van der Waals surface area contributed by atoms with Crippen molar-refractivity contribution in [2.75, 3.05) is 11.2 Å². The number of halogens is 1. The van der Waals surface area contributed by atoms with Crippen LogP contribution in [-0.2, 0) is 12.1 Å². The van der Waals surface area contributed by atoms with E-state index in [1.54, 1.807) is 17.0 Å². The summed E-state index contributed by atoms with van der Waals surface area (Å²) in [5.41, 5.74) is 0.360. The highest BCUT2D eigenvalue weighted by Gasteiger charge is 2.27. The van der Waals surface area contributed by atoms with Gasteiger partial charge in [0.2, 0.25) is 0 Å². The van der Waals surface area contributed by atoms with Gasteiger partial charge in [0, 0.05) is 24.8 Å². The molecule has 1 N–H and O–H groups in total. The first kappa shape index (κ1) is 15.6. The molecule has 0 aliphatic carbocycles. The Bertz CT molecular complexity index is 641. The minimum atomic E-state index is -0.541. The third-order valence-electron chi connectivity index (χ3n) is 3.45. The molecule has 5 heteroatoms. The number of hydrogen-bond acceptors (Lipinski definition) is 3. The molecule has 1 heterocycles. The number of nitrogens with one attached hydrogen (secondary N) is 1. The molecule has 0 fully saturated rings. The van der Waals surface area contributed by atoms with Crippen molar-refractivity contribution in [2.45, 2.75) is 32.4 Å². The van der Waals surface area contributed by atoms with Crippen LogP contribution in [0.25, 0.3) is 0 Å². The largest absolute Gasteiger partial charge is 0.355 e. The summed E-state index contributed by atoms with van der Waals surface area (Å²) in [4.78, 5) is 16.6. The highest BCUT2D eigenvalue weighted by molar-refractivity contribution is 6.18. The van der Waals surface area contributed by atoms with E-state index in [9.17, 15) is 4.79 Å². The van der Waals surface area contributed by atoms with Crippen LogP contribution in [-0.4, -0.2) is 15.4 Å². The van der Waals surface area contributed by atoms with Crippen molar-refractivity contribution >= 4 is 17.4 Å². The summed E-state index contributed by atoms with van der Waals surface area (Å²) >= 11 is 6.15. The summed E-state index contributed by atoms with van der Waals surface area (Å²) in [6.45, 7) is 4.68. The molecule has 2 rings (SSSR count). The van der Waals surface area contributed by atoms with Crippen molar-refractivity contribution in [1.29, 1.82) is 0 Å². The standard InChI is InChI=1S/C16H20ClN3O/c1-3-10-20-11-9-18-14(15(20)21)19-16(2,12-17)13-7-5-4-6-8-13/h4-9,11H,3,10,12H2,1-2H3,(H,18,19). The minimum absolute atomic E-state index is 0.119. The normalized spacial score (nSPS) is 13.7. The second kappa shape index (κ2) is 6.76. The van der Waals surface area contributed by atoms with E-state index in [1.165, 1.54) is 0 Å². The maximum absolute atomic E-state index is 12.4. The lowest BCUT2D eigenvalue weighted by Gasteiger charge is -2.29. The van der Waals surface area contributed by atoms with Crippen LogP contribution in [0.4, 0.5) is 5.82 Å². The third-order valence-corrected chi connectivity index (χ3v) is 3.99. The summed E-state index contributed by atoms with van der Waals surface area (Å²) in [6, 6.07) is 9.84. The number of rotatable bonds is 6. The highest BCUT2D eigenvalue weighted by Crippen LogP contribution is 2.25. The van der Waals surface area contributed by atoms with Gasteiger partial charge in [-0.2, -0.15) is 0 Å². The molecule has 0 saturated heterocycles. The average molecular weight is 306 g/mol. The Balaban J connectivity index is 2.35. The third kappa shape index (κ3) is 3.45. The van der Waals surface area contributed by atoms with Crippen molar-refractivity contribution in [1.82, 2.24) is 9.55 Å². The minimum Gasteiger partial charge on any atom is -0.355 e. The van der Waals surface area contributed by atoms with Crippen LogP contribution in [0.15, 0.2) is 47.5 Å². The fraction of sp³-hybridized carbons (Fsp3) is 0.375. The Labute approximate surface area is 129 Å². The second-order valence-electron chi connectivity index (χ2n) is 5.23. The molecule has 0 saturated carbocycles. The van der Waals surface area contributed by atoms with E-state index in [0.29, 0.717) is 18.2 Å². The predicted molar refractivity (Wildman–Crippen MR) is 86.9 cm³/mol. The zero-order valence-electron chi connectivity index (χ0n) is 12.3. The SMILES string of the molecule is CCCn1ccnc(NC(C)(CCl)c2ccccc2)c1=O. The fourth-order valence-corrected chi connectivity index (χ4v) is 2.42. The summed E-state index contributed by atoms with van der Waals surface area (Å²) < 4.78 is 1.66. The molecule has 2 aromatic rings. The molecule has 112 valence electrons. The van der Waals surface area contributed by atoms with Crippen LogP contribution < -0.4 is 10.9 Å². The number of aryl methyl sites for hydroxylation is 1. The van der Waals surface area contributed by atoms with E-state index in [0.717, 1.165) is 12.0 Å². The van der Waals surface area contributed by atoms with E-state index >= 15 is 0 Å². The van der Waals surface area contributed by atoms with Crippen LogP contribution in [0, 0.1) is 0 Å². The Morgan fingerprint density at radius 3 is 2.67 bits per heavy atom. The number of alkyl halides is 1. The number of hydrogen-bond donors (Lipinski definition) is 1. The summed E-state index contributed by atoms with van der Waals surface area (Å²) in [5.74, 6) is 0.666. The Morgan fingerprint density at radius 1 is 1.33 bits per heavy atom. The molecule has 0 amide bonds. The van der Waals surface area contributed by atoms with E-state index in [1.807, 2.05) is 44.2 Å². The molecular formula is C16H20ClN3O. The smallest absolute Gasteiger partial charge is 0.293 e.